The van der Waals surface area contributed by atoms with Gasteiger partial charge in [0.1, 0.15) is 30.0 Å². The van der Waals surface area contributed by atoms with Crippen molar-refractivity contribution in [2.24, 2.45) is 0 Å². The molecular weight excluding hydrogens is 524 g/mol. The Morgan fingerprint density at radius 1 is 0.974 bits per heavy atom. The number of carbonyl (C=O) groups excluding carboxylic acids is 2. The standard InChI is InChI=1S/C28H34O10Si/c1-28(2,3)39(4,5)38-19-14-20(27(34)36-13-11-25(32)33)26-21(29)16-22(37-23(26)15-19)17-6-8-18(9-7-17)35-12-10-24(30)31/h6-9,14-15,22H,10-13,16H2,1-5H3,(H,30,31)(H,32,33). The van der Waals surface area contributed by atoms with Crippen molar-refractivity contribution in [2.75, 3.05) is 13.2 Å². The van der Waals surface area contributed by atoms with E-state index in [0.29, 0.717) is 17.1 Å². The van der Waals surface area contributed by atoms with E-state index in [4.69, 9.17) is 28.8 Å². The molecule has 1 aliphatic heterocycles. The summed E-state index contributed by atoms with van der Waals surface area (Å²) in [4.78, 5) is 47.8. The molecule has 0 spiro atoms. The van der Waals surface area contributed by atoms with Gasteiger partial charge in [-0.25, -0.2) is 4.79 Å². The summed E-state index contributed by atoms with van der Waals surface area (Å²) >= 11 is 0. The number of Topliss-reactive ketones (excluding diaryl/α,β-unsaturated/α-hetero) is 1. The molecule has 3 rings (SSSR count). The summed E-state index contributed by atoms with van der Waals surface area (Å²) in [5.41, 5.74) is 0.737. The molecule has 1 heterocycles. The highest BCUT2D eigenvalue weighted by Gasteiger charge is 2.40. The van der Waals surface area contributed by atoms with Crippen molar-refractivity contribution in [3.8, 4) is 17.2 Å². The van der Waals surface area contributed by atoms with E-state index >= 15 is 0 Å². The Bertz CT molecular complexity index is 1240. The third-order valence-electron chi connectivity index (χ3n) is 6.78. The number of hydrogen-bond acceptors (Lipinski definition) is 8. The summed E-state index contributed by atoms with van der Waals surface area (Å²) in [6.07, 6.45) is -1.17. The van der Waals surface area contributed by atoms with Crippen molar-refractivity contribution >= 4 is 32.0 Å². The van der Waals surface area contributed by atoms with Gasteiger partial charge >= 0.3 is 17.9 Å². The van der Waals surface area contributed by atoms with Crippen LogP contribution in [-0.4, -0.2) is 55.4 Å². The van der Waals surface area contributed by atoms with Crippen LogP contribution in [-0.2, 0) is 14.3 Å². The van der Waals surface area contributed by atoms with Crippen LogP contribution in [0.5, 0.6) is 17.2 Å². The van der Waals surface area contributed by atoms with Gasteiger partial charge in [-0.15, -0.1) is 0 Å². The minimum Gasteiger partial charge on any atom is -0.543 e. The fourth-order valence-corrected chi connectivity index (χ4v) is 4.65. The van der Waals surface area contributed by atoms with Crippen LogP contribution < -0.4 is 13.9 Å². The molecule has 2 aromatic carbocycles. The van der Waals surface area contributed by atoms with E-state index in [1.54, 1.807) is 30.3 Å². The van der Waals surface area contributed by atoms with Gasteiger partial charge in [-0.3, -0.25) is 14.4 Å². The number of fused-ring (bicyclic) bond motifs is 1. The zero-order valence-corrected chi connectivity index (χ0v) is 23.7. The molecule has 0 aromatic heterocycles. The Morgan fingerprint density at radius 3 is 2.18 bits per heavy atom. The lowest BCUT2D eigenvalue weighted by molar-refractivity contribution is -0.138. The highest BCUT2D eigenvalue weighted by Crippen LogP contribution is 2.43. The van der Waals surface area contributed by atoms with E-state index in [-0.39, 0.29) is 60.2 Å². The fraction of sp³-hybridized carbons (Fsp3) is 0.429. The molecule has 10 nitrogen and oxygen atoms in total. The van der Waals surface area contributed by atoms with Gasteiger partial charge in [0.25, 0.3) is 0 Å². The average Bonchev–Trinajstić information content (AvgIpc) is 2.82. The van der Waals surface area contributed by atoms with Crippen molar-refractivity contribution in [1.29, 1.82) is 0 Å². The van der Waals surface area contributed by atoms with Gasteiger partial charge < -0.3 is 28.8 Å². The number of carboxylic acids is 2. The second-order valence-corrected chi connectivity index (χ2v) is 15.5. The molecular formula is C28H34O10Si. The maximum absolute atomic E-state index is 13.3. The predicted octanol–water partition coefficient (Wildman–Crippen LogP) is 5.26. The summed E-state index contributed by atoms with van der Waals surface area (Å²) < 4.78 is 23.2. The number of aliphatic carboxylic acids is 2. The third kappa shape index (κ3) is 7.59. The maximum Gasteiger partial charge on any atom is 0.339 e. The molecule has 39 heavy (non-hydrogen) atoms. The maximum atomic E-state index is 13.3. The van der Waals surface area contributed by atoms with Crippen molar-refractivity contribution < 1.29 is 48.0 Å². The number of rotatable bonds is 11. The number of hydrogen-bond donors (Lipinski definition) is 2. The van der Waals surface area contributed by atoms with Crippen LogP contribution in [0.2, 0.25) is 18.1 Å². The van der Waals surface area contributed by atoms with Crippen LogP contribution in [0.15, 0.2) is 36.4 Å². The lowest BCUT2D eigenvalue weighted by Gasteiger charge is -2.37. The van der Waals surface area contributed by atoms with Crippen LogP contribution in [0.3, 0.4) is 0 Å². The van der Waals surface area contributed by atoms with E-state index in [1.807, 2.05) is 13.1 Å². The summed E-state index contributed by atoms with van der Waals surface area (Å²) in [7, 11) is -2.33. The summed E-state index contributed by atoms with van der Waals surface area (Å²) in [6, 6.07) is 9.88. The molecule has 2 N–H and O–H groups in total. The van der Waals surface area contributed by atoms with E-state index in [0.717, 1.165) is 0 Å². The topological polar surface area (TPSA) is 146 Å². The number of ketones is 1. The van der Waals surface area contributed by atoms with Gasteiger partial charge in [-0.2, -0.15) is 0 Å². The molecule has 0 radical (unpaired) electrons. The second-order valence-electron chi connectivity index (χ2n) is 10.8. The Balaban J connectivity index is 1.92. The van der Waals surface area contributed by atoms with Crippen LogP contribution in [0.4, 0.5) is 0 Å². The Hall–Kier alpha value is -3.86. The van der Waals surface area contributed by atoms with Gasteiger partial charge in [0, 0.05) is 6.07 Å². The Labute approximate surface area is 228 Å². The molecule has 0 fully saturated rings. The zero-order chi connectivity index (χ0) is 29.0. The number of esters is 1. The minimum absolute atomic E-state index is 0.0303. The van der Waals surface area contributed by atoms with Crippen LogP contribution >= 0.6 is 0 Å². The van der Waals surface area contributed by atoms with Gasteiger partial charge in [0.15, 0.2) is 5.78 Å². The molecule has 0 amide bonds. The lowest BCUT2D eigenvalue weighted by atomic mass is 9.92. The van der Waals surface area contributed by atoms with E-state index in [1.165, 1.54) is 6.07 Å². The highest BCUT2D eigenvalue weighted by atomic mass is 28.4. The van der Waals surface area contributed by atoms with Gasteiger partial charge in [-0.1, -0.05) is 32.9 Å². The summed E-state index contributed by atoms with van der Waals surface area (Å²) in [5, 5.41) is 17.5. The molecule has 0 bridgehead atoms. The van der Waals surface area contributed by atoms with Crippen LogP contribution in [0, 0.1) is 0 Å². The first-order valence-corrected chi connectivity index (χ1v) is 15.5. The average molecular weight is 559 g/mol. The molecule has 0 saturated carbocycles. The summed E-state index contributed by atoms with van der Waals surface area (Å²) in [6.45, 7) is 10.0. The first-order valence-electron chi connectivity index (χ1n) is 12.6. The molecule has 0 aliphatic carbocycles. The number of carbonyl (C=O) groups is 4. The van der Waals surface area contributed by atoms with Gasteiger partial charge in [0.05, 0.1) is 37.0 Å². The van der Waals surface area contributed by atoms with Crippen molar-refractivity contribution in [1.82, 2.24) is 0 Å². The van der Waals surface area contributed by atoms with E-state index in [9.17, 15) is 19.2 Å². The van der Waals surface area contributed by atoms with Gasteiger partial charge in [0.2, 0.25) is 8.32 Å². The molecule has 1 unspecified atom stereocenters. The summed E-state index contributed by atoms with van der Waals surface area (Å²) in [5.74, 6) is -2.19. The van der Waals surface area contributed by atoms with Crippen molar-refractivity contribution in [3.63, 3.8) is 0 Å². The highest BCUT2D eigenvalue weighted by molar-refractivity contribution is 6.74. The Morgan fingerprint density at radius 2 is 1.59 bits per heavy atom. The Kier molecular flexibility index (Phi) is 9.05. The van der Waals surface area contributed by atoms with Crippen molar-refractivity contribution in [2.45, 2.75) is 64.3 Å². The van der Waals surface area contributed by atoms with Crippen LogP contribution in [0.1, 0.15) is 72.4 Å². The fourth-order valence-electron chi connectivity index (χ4n) is 3.63. The normalized spacial score (nSPS) is 15.1. The number of ether oxygens (including phenoxy) is 3. The SMILES string of the molecule is CC(C)(C)[Si](C)(C)Oc1cc2c(c(C(=O)OCCC(=O)O)c1)C(=O)CC(c1ccc(OCCC(=O)O)cc1)O2. The molecule has 1 atom stereocenters. The smallest absolute Gasteiger partial charge is 0.339 e. The van der Waals surface area contributed by atoms with Crippen molar-refractivity contribution in [3.05, 3.63) is 53.1 Å². The quantitative estimate of drug-likeness (QED) is 0.276. The molecule has 1 aliphatic rings. The predicted molar refractivity (Wildman–Crippen MR) is 143 cm³/mol. The van der Waals surface area contributed by atoms with E-state index in [2.05, 4.69) is 20.8 Å². The lowest BCUT2D eigenvalue weighted by Crippen LogP contribution is -2.44. The molecule has 11 heteroatoms. The number of carboxylic acid groups (broad SMARTS) is 2. The molecule has 0 saturated heterocycles. The third-order valence-corrected chi connectivity index (χ3v) is 11.1. The van der Waals surface area contributed by atoms with E-state index < -0.39 is 32.3 Å². The largest absolute Gasteiger partial charge is 0.543 e. The first kappa shape index (κ1) is 29.7. The first-order chi connectivity index (χ1) is 18.2. The van der Waals surface area contributed by atoms with Crippen LogP contribution in [0.25, 0.3) is 0 Å². The zero-order valence-electron chi connectivity index (χ0n) is 22.7. The molecule has 210 valence electrons. The minimum atomic E-state index is -2.33. The molecule has 2 aromatic rings. The van der Waals surface area contributed by atoms with Gasteiger partial charge in [-0.05, 0) is 41.9 Å². The second kappa shape index (κ2) is 11.9. The monoisotopic (exact) mass is 558 g/mol. The number of benzene rings is 2.